The van der Waals surface area contributed by atoms with Crippen LogP contribution in [0.3, 0.4) is 0 Å². The topological polar surface area (TPSA) is 9.23 Å². The highest BCUT2D eigenvalue weighted by Crippen LogP contribution is 2.19. The lowest BCUT2D eigenvalue weighted by Gasteiger charge is -2.23. The summed E-state index contributed by atoms with van der Waals surface area (Å²) in [5, 5.41) is 0.836. The molecule has 1 unspecified atom stereocenters. The van der Waals surface area contributed by atoms with Crippen molar-refractivity contribution >= 4 is 17.3 Å². The first-order valence-corrected chi connectivity index (χ1v) is 5.43. The first-order chi connectivity index (χ1) is 5.83. The predicted octanol–water partition coefficient (Wildman–Crippen LogP) is 3.46. The first kappa shape index (κ1) is 9.97. The van der Waals surface area contributed by atoms with Crippen LogP contribution >= 0.6 is 12.2 Å². The summed E-state index contributed by atoms with van der Waals surface area (Å²) in [4.78, 5) is 0. The number of rotatable bonds is 4. The van der Waals surface area contributed by atoms with Gasteiger partial charge in [-0.1, -0.05) is 19.8 Å². The highest BCUT2D eigenvalue weighted by atomic mass is 32.1. The average Bonchev–Trinajstić information content (AvgIpc) is 2.05. The third kappa shape index (κ3) is 3.53. The molecule has 1 saturated heterocycles. The van der Waals surface area contributed by atoms with Crippen LogP contribution in [0.5, 0.6) is 0 Å². The molecule has 0 saturated carbocycles. The van der Waals surface area contributed by atoms with Crippen LogP contribution < -0.4 is 0 Å². The number of hydrogen-bond acceptors (Lipinski definition) is 2. The van der Waals surface area contributed by atoms with Crippen LogP contribution in [0, 0.1) is 0 Å². The Morgan fingerprint density at radius 3 is 3.00 bits per heavy atom. The van der Waals surface area contributed by atoms with Crippen LogP contribution in [-0.4, -0.2) is 11.2 Å². The molecule has 1 aliphatic rings. The lowest BCUT2D eigenvalue weighted by Crippen LogP contribution is -2.22. The lowest BCUT2D eigenvalue weighted by molar-refractivity contribution is 0.143. The summed E-state index contributed by atoms with van der Waals surface area (Å²) in [5.74, 6) is 0. The molecule has 0 amide bonds. The number of ether oxygens (including phenoxy) is 1. The summed E-state index contributed by atoms with van der Waals surface area (Å²) in [6, 6.07) is 0. The van der Waals surface area contributed by atoms with Crippen molar-refractivity contribution in [2.45, 2.75) is 58.0 Å². The molecule has 70 valence electrons. The minimum absolute atomic E-state index is 0.442. The molecule has 1 heterocycles. The van der Waals surface area contributed by atoms with Crippen LogP contribution in [0.4, 0.5) is 0 Å². The summed E-state index contributed by atoms with van der Waals surface area (Å²) in [6.07, 6.45) is 9.00. The van der Waals surface area contributed by atoms with E-state index in [1.807, 2.05) is 0 Å². The summed E-state index contributed by atoms with van der Waals surface area (Å²) >= 11 is 5.04. The van der Waals surface area contributed by atoms with Crippen molar-refractivity contribution < 1.29 is 4.74 Å². The second kappa shape index (κ2) is 5.52. The fourth-order valence-electron chi connectivity index (χ4n) is 1.60. The van der Waals surface area contributed by atoms with Crippen molar-refractivity contribution in [3.05, 3.63) is 0 Å². The van der Waals surface area contributed by atoms with Crippen molar-refractivity contribution in [2.75, 3.05) is 0 Å². The molecule has 0 aliphatic carbocycles. The standard InChI is InChI=1S/C10H18OS/c1-2-3-4-6-9-7-5-8-10(12)11-9/h9H,2-8H2,1H3. The van der Waals surface area contributed by atoms with Crippen LogP contribution in [0.25, 0.3) is 0 Å². The highest BCUT2D eigenvalue weighted by molar-refractivity contribution is 7.80. The van der Waals surface area contributed by atoms with Gasteiger partial charge in [-0.25, -0.2) is 0 Å². The zero-order valence-electron chi connectivity index (χ0n) is 7.84. The summed E-state index contributed by atoms with van der Waals surface area (Å²) in [5.41, 5.74) is 0. The van der Waals surface area contributed by atoms with E-state index in [2.05, 4.69) is 6.92 Å². The van der Waals surface area contributed by atoms with Crippen molar-refractivity contribution in [1.82, 2.24) is 0 Å². The van der Waals surface area contributed by atoms with E-state index in [0.29, 0.717) is 6.10 Å². The lowest BCUT2D eigenvalue weighted by atomic mass is 10.0. The first-order valence-electron chi connectivity index (χ1n) is 5.02. The zero-order valence-corrected chi connectivity index (χ0v) is 8.66. The monoisotopic (exact) mass is 186 g/mol. The van der Waals surface area contributed by atoms with Crippen molar-refractivity contribution in [3.8, 4) is 0 Å². The Bertz CT molecular complexity index is 145. The van der Waals surface area contributed by atoms with Gasteiger partial charge in [0.05, 0.1) is 6.10 Å². The van der Waals surface area contributed by atoms with Gasteiger partial charge in [0.25, 0.3) is 0 Å². The van der Waals surface area contributed by atoms with E-state index in [-0.39, 0.29) is 0 Å². The van der Waals surface area contributed by atoms with Gasteiger partial charge >= 0.3 is 0 Å². The van der Waals surface area contributed by atoms with Crippen molar-refractivity contribution in [3.63, 3.8) is 0 Å². The van der Waals surface area contributed by atoms with Gasteiger partial charge in [0, 0.05) is 6.42 Å². The molecule has 2 heteroatoms. The van der Waals surface area contributed by atoms with Gasteiger partial charge in [-0.05, 0) is 37.9 Å². The molecule has 1 nitrogen and oxygen atoms in total. The van der Waals surface area contributed by atoms with E-state index in [4.69, 9.17) is 17.0 Å². The molecule has 0 spiro atoms. The van der Waals surface area contributed by atoms with Crippen molar-refractivity contribution in [2.24, 2.45) is 0 Å². The quantitative estimate of drug-likeness (QED) is 0.491. The summed E-state index contributed by atoms with van der Waals surface area (Å²) < 4.78 is 5.56. The van der Waals surface area contributed by atoms with Gasteiger partial charge in [-0.2, -0.15) is 0 Å². The summed E-state index contributed by atoms with van der Waals surface area (Å²) in [6.45, 7) is 2.23. The van der Waals surface area contributed by atoms with Gasteiger partial charge in [0.15, 0.2) is 5.05 Å². The molecule has 0 radical (unpaired) electrons. The fraction of sp³-hybridized carbons (Fsp3) is 0.900. The highest BCUT2D eigenvalue weighted by Gasteiger charge is 2.16. The van der Waals surface area contributed by atoms with Gasteiger partial charge in [-0.3, -0.25) is 0 Å². The molecule has 1 aliphatic heterocycles. The molecule has 1 rings (SSSR count). The number of unbranched alkanes of at least 4 members (excludes halogenated alkanes) is 2. The maximum Gasteiger partial charge on any atom is 0.160 e. The van der Waals surface area contributed by atoms with Crippen LogP contribution in [-0.2, 0) is 4.74 Å². The third-order valence-corrected chi connectivity index (χ3v) is 2.64. The fourth-order valence-corrected chi connectivity index (χ4v) is 1.88. The molecule has 12 heavy (non-hydrogen) atoms. The molecular weight excluding hydrogens is 168 g/mol. The normalized spacial score (nSPS) is 23.8. The summed E-state index contributed by atoms with van der Waals surface area (Å²) in [7, 11) is 0. The molecule has 0 N–H and O–H groups in total. The minimum Gasteiger partial charge on any atom is -0.484 e. The van der Waals surface area contributed by atoms with Gasteiger partial charge < -0.3 is 4.74 Å². The van der Waals surface area contributed by atoms with Crippen LogP contribution in [0.1, 0.15) is 51.9 Å². The Kier molecular flexibility index (Phi) is 4.59. The molecule has 0 bridgehead atoms. The van der Waals surface area contributed by atoms with E-state index in [1.165, 1.54) is 38.5 Å². The maximum absolute atomic E-state index is 5.56. The van der Waals surface area contributed by atoms with Crippen molar-refractivity contribution in [1.29, 1.82) is 0 Å². The minimum atomic E-state index is 0.442. The van der Waals surface area contributed by atoms with Gasteiger partial charge in [0.2, 0.25) is 0 Å². The molecule has 0 aromatic heterocycles. The average molecular weight is 186 g/mol. The Morgan fingerprint density at radius 1 is 1.50 bits per heavy atom. The second-order valence-electron chi connectivity index (χ2n) is 3.50. The third-order valence-electron chi connectivity index (χ3n) is 2.33. The predicted molar refractivity (Wildman–Crippen MR) is 55.5 cm³/mol. The zero-order chi connectivity index (χ0) is 8.81. The number of hydrogen-bond donors (Lipinski definition) is 0. The van der Waals surface area contributed by atoms with E-state index >= 15 is 0 Å². The molecule has 0 aromatic carbocycles. The van der Waals surface area contributed by atoms with Crippen LogP contribution in [0.2, 0.25) is 0 Å². The van der Waals surface area contributed by atoms with E-state index < -0.39 is 0 Å². The van der Waals surface area contributed by atoms with Gasteiger partial charge in [-0.15, -0.1) is 0 Å². The van der Waals surface area contributed by atoms with Crippen LogP contribution in [0.15, 0.2) is 0 Å². The molecule has 0 aromatic rings. The number of thiocarbonyl (C=S) groups is 1. The Morgan fingerprint density at radius 2 is 2.33 bits per heavy atom. The molecule has 1 fully saturated rings. The van der Waals surface area contributed by atoms with E-state index in [9.17, 15) is 0 Å². The van der Waals surface area contributed by atoms with E-state index in [0.717, 1.165) is 11.5 Å². The van der Waals surface area contributed by atoms with Gasteiger partial charge in [0.1, 0.15) is 0 Å². The smallest absolute Gasteiger partial charge is 0.160 e. The molecular formula is C10H18OS. The largest absolute Gasteiger partial charge is 0.484 e. The Balaban J connectivity index is 2.10. The SMILES string of the molecule is CCCCCC1CCCC(=S)O1. The van der Waals surface area contributed by atoms with E-state index in [1.54, 1.807) is 0 Å². The maximum atomic E-state index is 5.56. The Hall–Kier alpha value is -0.110. The Labute approximate surface area is 80.5 Å². The molecule has 1 atom stereocenters. The second-order valence-corrected chi connectivity index (χ2v) is 3.96.